The van der Waals surface area contributed by atoms with E-state index in [4.69, 9.17) is 11.6 Å². The van der Waals surface area contributed by atoms with Crippen LogP contribution >= 0.6 is 11.6 Å². The van der Waals surface area contributed by atoms with Crippen LogP contribution in [0.2, 0.25) is 5.02 Å². The maximum Gasteiger partial charge on any atom is 0.194 e. The van der Waals surface area contributed by atoms with Crippen LogP contribution in [0.25, 0.3) is 0 Å². The normalized spacial score (nSPS) is 17.3. The summed E-state index contributed by atoms with van der Waals surface area (Å²) in [6.45, 7) is 0.631. The molecule has 1 aromatic rings. The zero-order valence-electron chi connectivity index (χ0n) is 10.2. The fourth-order valence-corrected chi connectivity index (χ4v) is 2.19. The number of benzene rings is 1. The summed E-state index contributed by atoms with van der Waals surface area (Å²) in [6.07, 6.45) is 1.86. The van der Waals surface area contributed by atoms with Gasteiger partial charge in [0.05, 0.1) is 0 Å². The van der Waals surface area contributed by atoms with Crippen molar-refractivity contribution < 1.29 is 4.79 Å². The van der Waals surface area contributed by atoms with Gasteiger partial charge < -0.3 is 9.80 Å². The van der Waals surface area contributed by atoms with Crippen LogP contribution in [0.4, 0.5) is 5.69 Å². The van der Waals surface area contributed by atoms with Crippen LogP contribution in [-0.2, 0) is 0 Å². The van der Waals surface area contributed by atoms with E-state index in [1.54, 1.807) is 6.07 Å². The molecule has 0 atom stereocenters. The molecule has 2 rings (SSSR count). The van der Waals surface area contributed by atoms with Gasteiger partial charge in [0.1, 0.15) is 0 Å². The highest BCUT2D eigenvalue weighted by Gasteiger charge is 2.25. The highest BCUT2D eigenvalue weighted by atomic mass is 35.5. The number of anilines is 1. The summed E-state index contributed by atoms with van der Waals surface area (Å²) in [5, 5.41) is 0.594. The standard InChI is InChI=1S/C13H15ClN2O/c1-15(2)7-9-8-16(3)12-5-4-10(14)6-11(12)13(9)17/h4-7H,8H2,1-3H3/b9-7-. The summed E-state index contributed by atoms with van der Waals surface area (Å²) in [4.78, 5) is 16.2. The van der Waals surface area contributed by atoms with Crippen molar-refractivity contribution in [1.82, 2.24) is 4.90 Å². The molecular formula is C13H15ClN2O. The third-order valence-corrected chi connectivity index (χ3v) is 2.96. The Balaban J connectivity index is 2.50. The Kier molecular flexibility index (Phi) is 3.11. The molecule has 0 amide bonds. The first-order valence-corrected chi connectivity index (χ1v) is 5.79. The fraction of sp³-hybridized carbons (Fsp3) is 0.308. The highest BCUT2D eigenvalue weighted by molar-refractivity contribution is 6.31. The average molecular weight is 251 g/mol. The summed E-state index contributed by atoms with van der Waals surface area (Å²) >= 11 is 5.94. The SMILES string of the molecule is CN(C)/C=C1/CN(C)c2ccc(Cl)cc2C1=O. The molecule has 0 radical (unpaired) electrons. The number of fused-ring (bicyclic) bond motifs is 1. The molecule has 17 heavy (non-hydrogen) atoms. The van der Waals surface area contributed by atoms with E-state index in [0.717, 1.165) is 11.3 Å². The van der Waals surface area contributed by atoms with E-state index < -0.39 is 0 Å². The van der Waals surface area contributed by atoms with E-state index >= 15 is 0 Å². The number of Topliss-reactive ketones (excluding diaryl/α,β-unsaturated/α-hetero) is 1. The Morgan fingerprint density at radius 2 is 2.12 bits per heavy atom. The van der Waals surface area contributed by atoms with Gasteiger partial charge in [-0.2, -0.15) is 0 Å². The molecule has 0 fully saturated rings. The summed E-state index contributed by atoms with van der Waals surface area (Å²) in [5.74, 6) is 0.0642. The van der Waals surface area contributed by atoms with Crippen LogP contribution in [-0.4, -0.2) is 38.4 Å². The average Bonchev–Trinajstić information content (AvgIpc) is 2.24. The second-order valence-corrected chi connectivity index (χ2v) is 4.90. The maximum absolute atomic E-state index is 12.3. The molecule has 0 aromatic heterocycles. The Morgan fingerprint density at radius 1 is 1.41 bits per heavy atom. The number of nitrogens with zero attached hydrogens (tertiary/aromatic N) is 2. The predicted molar refractivity (Wildman–Crippen MR) is 70.8 cm³/mol. The van der Waals surface area contributed by atoms with Gasteiger partial charge in [-0.25, -0.2) is 0 Å². The molecular weight excluding hydrogens is 236 g/mol. The zero-order valence-corrected chi connectivity index (χ0v) is 11.0. The van der Waals surface area contributed by atoms with Crippen molar-refractivity contribution in [2.75, 3.05) is 32.6 Å². The van der Waals surface area contributed by atoms with Crippen molar-refractivity contribution in [3.63, 3.8) is 0 Å². The minimum absolute atomic E-state index is 0.0642. The highest BCUT2D eigenvalue weighted by Crippen LogP contribution is 2.30. The van der Waals surface area contributed by atoms with Crippen LogP contribution in [0.5, 0.6) is 0 Å². The molecule has 90 valence electrons. The minimum atomic E-state index is 0.0642. The third kappa shape index (κ3) is 2.29. The van der Waals surface area contributed by atoms with E-state index in [0.29, 0.717) is 17.1 Å². The number of likely N-dealkylation sites (N-methyl/N-ethyl adjacent to an activating group) is 1. The second-order valence-electron chi connectivity index (χ2n) is 4.46. The summed E-state index contributed by atoms with van der Waals surface area (Å²) < 4.78 is 0. The van der Waals surface area contributed by atoms with E-state index in [9.17, 15) is 4.79 Å². The van der Waals surface area contributed by atoms with Crippen molar-refractivity contribution in [2.24, 2.45) is 0 Å². The van der Waals surface area contributed by atoms with Crippen LogP contribution < -0.4 is 4.90 Å². The third-order valence-electron chi connectivity index (χ3n) is 2.73. The molecule has 0 aliphatic carbocycles. The van der Waals surface area contributed by atoms with E-state index in [-0.39, 0.29) is 5.78 Å². The summed E-state index contributed by atoms with van der Waals surface area (Å²) in [5.41, 5.74) is 2.40. The minimum Gasteiger partial charge on any atom is -0.383 e. The number of halogens is 1. The smallest absolute Gasteiger partial charge is 0.194 e. The van der Waals surface area contributed by atoms with Crippen molar-refractivity contribution >= 4 is 23.1 Å². The molecule has 0 N–H and O–H groups in total. The molecule has 0 spiro atoms. The van der Waals surface area contributed by atoms with Gasteiger partial charge in [-0.3, -0.25) is 4.79 Å². The molecule has 1 aliphatic heterocycles. The number of carbonyl (C=O) groups excluding carboxylic acids is 1. The Hall–Kier alpha value is -1.48. The molecule has 0 unspecified atom stereocenters. The maximum atomic E-state index is 12.3. The predicted octanol–water partition coefficient (Wildman–Crippen LogP) is 2.42. The first kappa shape index (κ1) is 12.0. The van der Waals surface area contributed by atoms with Crippen molar-refractivity contribution in [2.45, 2.75) is 0 Å². The van der Waals surface area contributed by atoms with Crippen LogP contribution in [0.1, 0.15) is 10.4 Å². The van der Waals surface area contributed by atoms with Gasteiger partial charge in [0, 0.05) is 55.7 Å². The Morgan fingerprint density at radius 3 is 2.76 bits per heavy atom. The summed E-state index contributed by atoms with van der Waals surface area (Å²) in [6, 6.07) is 5.44. The van der Waals surface area contributed by atoms with Crippen molar-refractivity contribution in [3.05, 3.63) is 40.6 Å². The Bertz CT molecular complexity index is 494. The Labute approximate surface area is 106 Å². The van der Waals surface area contributed by atoms with Gasteiger partial charge in [0.15, 0.2) is 5.78 Å². The van der Waals surface area contributed by atoms with Gasteiger partial charge >= 0.3 is 0 Å². The number of ketones is 1. The lowest BCUT2D eigenvalue weighted by atomic mass is 9.97. The van der Waals surface area contributed by atoms with Crippen molar-refractivity contribution in [1.29, 1.82) is 0 Å². The molecule has 0 saturated carbocycles. The van der Waals surface area contributed by atoms with Crippen LogP contribution in [0.3, 0.4) is 0 Å². The molecule has 1 aliphatic rings. The van der Waals surface area contributed by atoms with Crippen LogP contribution in [0.15, 0.2) is 30.0 Å². The van der Waals surface area contributed by atoms with Gasteiger partial charge in [-0.15, -0.1) is 0 Å². The fourth-order valence-electron chi connectivity index (χ4n) is 2.02. The van der Waals surface area contributed by atoms with Gasteiger partial charge in [-0.1, -0.05) is 11.6 Å². The number of carbonyl (C=O) groups is 1. The van der Waals surface area contributed by atoms with E-state index in [2.05, 4.69) is 4.90 Å². The van der Waals surface area contributed by atoms with E-state index in [1.165, 1.54) is 0 Å². The lowest BCUT2D eigenvalue weighted by molar-refractivity contribution is 0.102. The van der Waals surface area contributed by atoms with Crippen molar-refractivity contribution in [3.8, 4) is 0 Å². The molecule has 0 saturated heterocycles. The topological polar surface area (TPSA) is 23.6 Å². The molecule has 4 heteroatoms. The monoisotopic (exact) mass is 250 g/mol. The zero-order chi connectivity index (χ0) is 12.6. The number of rotatable bonds is 1. The van der Waals surface area contributed by atoms with E-state index in [1.807, 2.05) is 44.4 Å². The van der Waals surface area contributed by atoms with Gasteiger partial charge in [-0.05, 0) is 18.2 Å². The first-order chi connectivity index (χ1) is 7.99. The van der Waals surface area contributed by atoms with Gasteiger partial charge in [0.2, 0.25) is 0 Å². The van der Waals surface area contributed by atoms with Crippen LogP contribution in [0, 0.1) is 0 Å². The number of hydrogen-bond donors (Lipinski definition) is 0. The molecule has 1 aromatic carbocycles. The summed E-state index contributed by atoms with van der Waals surface area (Å²) in [7, 11) is 5.80. The van der Waals surface area contributed by atoms with Gasteiger partial charge in [0.25, 0.3) is 0 Å². The first-order valence-electron chi connectivity index (χ1n) is 5.41. The molecule has 1 heterocycles. The second kappa shape index (κ2) is 4.41. The lowest BCUT2D eigenvalue weighted by Crippen LogP contribution is -2.31. The number of hydrogen-bond acceptors (Lipinski definition) is 3. The quantitative estimate of drug-likeness (QED) is 0.716. The molecule has 0 bridgehead atoms. The lowest BCUT2D eigenvalue weighted by Gasteiger charge is -2.29. The largest absolute Gasteiger partial charge is 0.383 e. The molecule has 3 nitrogen and oxygen atoms in total.